The van der Waals surface area contributed by atoms with Crippen molar-refractivity contribution in [2.24, 2.45) is 23.7 Å². The van der Waals surface area contributed by atoms with Crippen molar-refractivity contribution < 1.29 is 33.3 Å². The van der Waals surface area contributed by atoms with Gasteiger partial charge in [0.2, 0.25) is 0 Å². The van der Waals surface area contributed by atoms with Gasteiger partial charge in [0, 0.05) is 24.0 Å². The number of ether oxygens (including phenoxy) is 3. The highest BCUT2D eigenvalue weighted by Crippen LogP contribution is 2.63. The number of hydrogen-bond acceptors (Lipinski definition) is 6. The quantitative estimate of drug-likeness (QED) is 0.461. The van der Waals surface area contributed by atoms with Crippen LogP contribution in [0.4, 0.5) is 4.39 Å². The average Bonchev–Trinajstić information content (AvgIpc) is 3.29. The van der Waals surface area contributed by atoms with Gasteiger partial charge in [0.1, 0.15) is 35.8 Å². The van der Waals surface area contributed by atoms with E-state index in [4.69, 9.17) is 25.8 Å². The summed E-state index contributed by atoms with van der Waals surface area (Å²) in [4.78, 5) is 25.0. The SMILES string of the molecule is CC1CCC2[C@@H]1[C@H](OC(=O)/C=C/c1c(F)cccc1Cl)C1(C(C)C)CC(OC(=O)CO)[C@@]2(C)O1. The number of esters is 2. The Hall–Kier alpha value is -1.96. The summed E-state index contributed by atoms with van der Waals surface area (Å²) in [6.45, 7) is 7.43. The molecular weight excluding hydrogens is 463 g/mol. The molecule has 0 radical (unpaired) electrons. The second kappa shape index (κ2) is 9.25. The summed E-state index contributed by atoms with van der Waals surface area (Å²) >= 11 is 6.07. The zero-order valence-electron chi connectivity index (χ0n) is 19.9. The lowest BCUT2D eigenvalue weighted by Crippen LogP contribution is -2.62. The number of rotatable bonds is 6. The first-order chi connectivity index (χ1) is 16.0. The second-order valence-electron chi connectivity index (χ2n) is 10.3. The van der Waals surface area contributed by atoms with E-state index in [1.54, 1.807) is 6.07 Å². The number of hydrogen-bond donors (Lipinski definition) is 1. The van der Waals surface area contributed by atoms with E-state index in [9.17, 15) is 19.1 Å². The molecule has 7 atom stereocenters. The van der Waals surface area contributed by atoms with Crippen LogP contribution in [-0.2, 0) is 23.8 Å². The zero-order valence-corrected chi connectivity index (χ0v) is 20.7. The molecule has 1 aromatic carbocycles. The Bertz CT molecular complexity index is 975. The fourth-order valence-electron chi connectivity index (χ4n) is 6.43. The summed E-state index contributed by atoms with van der Waals surface area (Å²) in [5.41, 5.74) is -1.46. The number of aliphatic hydroxyl groups excluding tert-OH is 1. The standard InChI is InChI=1S/C26H32ClFO6/c1-14(2)26-12-20(32-22(31)13-29)25(4,34-26)17-10-8-15(3)23(17)24(26)33-21(30)11-9-16-18(27)6-5-7-19(16)28/h5-7,9,11,14-15,17,20,23-24,29H,8,10,12-13H2,1-4H3/b11-9+/t15?,17?,20?,23-,24+,25+,26?/m1/s1. The van der Waals surface area contributed by atoms with Crippen molar-refractivity contribution in [3.63, 3.8) is 0 Å². The van der Waals surface area contributed by atoms with Crippen LogP contribution in [0.15, 0.2) is 24.3 Å². The summed E-state index contributed by atoms with van der Waals surface area (Å²) in [5, 5.41) is 9.46. The van der Waals surface area contributed by atoms with Gasteiger partial charge in [0.05, 0.1) is 5.02 Å². The fraction of sp³-hybridized carbons (Fsp3) is 0.615. The minimum absolute atomic E-state index is 0.0216. The van der Waals surface area contributed by atoms with Gasteiger partial charge in [-0.1, -0.05) is 38.4 Å². The van der Waals surface area contributed by atoms with Crippen molar-refractivity contribution in [1.82, 2.24) is 0 Å². The summed E-state index contributed by atoms with van der Waals surface area (Å²) in [6, 6.07) is 4.33. The predicted octanol–water partition coefficient (Wildman–Crippen LogP) is 4.56. The normalized spacial score (nSPS) is 36.6. The average molecular weight is 495 g/mol. The summed E-state index contributed by atoms with van der Waals surface area (Å²) < 4.78 is 32.6. The molecule has 2 saturated heterocycles. The van der Waals surface area contributed by atoms with Gasteiger partial charge in [-0.15, -0.1) is 0 Å². The van der Waals surface area contributed by atoms with Crippen molar-refractivity contribution in [1.29, 1.82) is 0 Å². The topological polar surface area (TPSA) is 82.1 Å². The van der Waals surface area contributed by atoms with Crippen molar-refractivity contribution in [3.8, 4) is 0 Å². The van der Waals surface area contributed by atoms with Gasteiger partial charge in [-0.2, -0.15) is 0 Å². The molecule has 2 heterocycles. The first kappa shape index (κ1) is 25.1. The van der Waals surface area contributed by atoms with E-state index in [1.807, 2.05) is 20.8 Å². The summed E-state index contributed by atoms with van der Waals surface area (Å²) in [7, 11) is 0. The van der Waals surface area contributed by atoms with E-state index in [0.29, 0.717) is 6.42 Å². The molecule has 0 spiro atoms. The molecule has 4 unspecified atom stereocenters. The van der Waals surface area contributed by atoms with Gasteiger partial charge < -0.3 is 19.3 Å². The zero-order chi connectivity index (χ0) is 24.8. The van der Waals surface area contributed by atoms with Crippen LogP contribution in [0.3, 0.4) is 0 Å². The molecule has 2 aliphatic heterocycles. The molecule has 34 heavy (non-hydrogen) atoms. The minimum atomic E-state index is -0.853. The Balaban J connectivity index is 1.66. The van der Waals surface area contributed by atoms with Crippen molar-refractivity contribution >= 4 is 29.6 Å². The van der Waals surface area contributed by atoms with Crippen LogP contribution in [0.5, 0.6) is 0 Å². The molecule has 8 heteroatoms. The van der Waals surface area contributed by atoms with Crippen LogP contribution < -0.4 is 0 Å². The maximum atomic E-state index is 14.1. The van der Waals surface area contributed by atoms with Crippen molar-refractivity contribution in [2.45, 2.75) is 70.4 Å². The van der Waals surface area contributed by atoms with Crippen LogP contribution in [0.25, 0.3) is 6.08 Å². The Labute approximate surface area is 204 Å². The molecule has 0 amide bonds. The fourth-order valence-corrected chi connectivity index (χ4v) is 6.65. The molecule has 1 saturated carbocycles. The number of halogens is 2. The van der Waals surface area contributed by atoms with Gasteiger partial charge in [-0.3, -0.25) is 0 Å². The number of aliphatic hydroxyl groups is 1. The van der Waals surface area contributed by atoms with Gasteiger partial charge in [-0.05, 0) is 55.7 Å². The molecular formula is C26H32ClFO6. The third-order valence-electron chi connectivity index (χ3n) is 8.18. The number of carbonyl (C=O) groups is 2. The van der Waals surface area contributed by atoms with Crippen LogP contribution in [-0.4, -0.2) is 47.1 Å². The first-order valence-corrected chi connectivity index (χ1v) is 12.2. The molecule has 1 N–H and O–H groups in total. The largest absolute Gasteiger partial charge is 0.457 e. The molecule has 3 aliphatic rings. The monoisotopic (exact) mass is 494 g/mol. The smallest absolute Gasteiger partial charge is 0.332 e. The highest BCUT2D eigenvalue weighted by Gasteiger charge is 2.72. The number of benzene rings is 1. The van der Waals surface area contributed by atoms with Crippen LogP contribution >= 0.6 is 11.6 Å². The molecule has 6 nitrogen and oxygen atoms in total. The van der Waals surface area contributed by atoms with Gasteiger partial charge >= 0.3 is 11.9 Å². The van der Waals surface area contributed by atoms with E-state index in [0.717, 1.165) is 12.8 Å². The van der Waals surface area contributed by atoms with Gasteiger partial charge in [0.15, 0.2) is 0 Å². The van der Waals surface area contributed by atoms with Crippen molar-refractivity contribution in [3.05, 3.63) is 40.7 Å². The Morgan fingerprint density at radius 1 is 1.32 bits per heavy atom. The van der Waals surface area contributed by atoms with E-state index in [2.05, 4.69) is 6.92 Å². The summed E-state index contributed by atoms with van der Waals surface area (Å²) in [5.74, 6) is -1.54. The first-order valence-electron chi connectivity index (χ1n) is 11.9. The van der Waals surface area contributed by atoms with Crippen LogP contribution in [0.1, 0.15) is 52.5 Å². The van der Waals surface area contributed by atoms with E-state index < -0.39 is 47.8 Å². The lowest BCUT2D eigenvalue weighted by molar-refractivity contribution is -0.264. The Morgan fingerprint density at radius 3 is 2.71 bits per heavy atom. The summed E-state index contributed by atoms with van der Waals surface area (Å²) in [6.07, 6.45) is 3.58. The molecule has 3 fully saturated rings. The van der Waals surface area contributed by atoms with Gasteiger partial charge in [0.25, 0.3) is 0 Å². The molecule has 186 valence electrons. The lowest BCUT2D eigenvalue weighted by atomic mass is 9.69. The third-order valence-corrected chi connectivity index (χ3v) is 8.51. The highest BCUT2D eigenvalue weighted by atomic mass is 35.5. The maximum absolute atomic E-state index is 14.1. The number of fused-ring (bicyclic) bond motifs is 4. The lowest BCUT2D eigenvalue weighted by Gasteiger charge is -2.52. The molecule has 4 rings (SSSR count). The molecule has 2 bridgehead atoms. The van der Waals surface area contributed by atoms with Crippen LogP contribution in [0.2, 0.25) is 5.02 Å². The van der Waals surface area contributed by atoms with E-state index in [-0.39, 0.29) is 34.3 Å². The van der Waals surface area contributed by atoms with Gasteiger partial charge in [-0.25, -0.2) is 14.0 Å². The molecule has 0 aromatic heterocycles. The van der Waals surface area contributed by atoms with Crippen molar-refractivity contribution in [2.75, 3.05) is 6.61 Å². The van der Waals surface area contributed by atoms with Crippen LogP contribution in [0, 0.1) is 29.5 Å². The Morgan fingerprint density at radius 2 is 2.06 bits per heavy atom. The minimum Gasteiger partial charge on any atom is -0.457 e. The molecule has 1 aromatic rings. The second-order valence-corrected chi connectivity index (χ2v) is 10.7. The maximum Gasteiger partial charge on any atom is 0.332 e. The van der Waals surface area contributed by atoms with E-state index in [1.165, 1.54) is 24.3 Å². The highest BCUT2D eigenvalue weighted by molar-refractivity contribution is 6.32. The molecule has 1 aliphatic carbocycles. The Kier molecular flexibility index (Phi) is 6.84. The third kappa shape index (κ3) is 4.06. The van der Waals surface area contributed by atoms with E-state index >= 15 is 0 Å². The number of carbonyl (C=O) groups excluding carboxylic acids is 2. The predicted molar refractivity (Wildman–Crippen MR) is 124 cm³/mol.